The Morgan fingerprint density at radius 1 is 1.21 bits per heavy atom. The van der Waals surface area contributed by atoms with Crippen LogP contribution in [0.4, 0.5) is 5.69 Å². The van der Waals surface area contributed by atoms with Crippen LogP contribution in [0.1, 0.15) is 24.0 Å². The van der Waals surface area contributed by atoms with Crippen LogP contribution in [-0.4, -0.2) is 31.1 Å². The summed E-state index contributed by atoms with van der Waals surface area (Å²) in [6, 6.07) is 18.9. The smallest absolute Gasteiger partial charge is 0.138 e. The van der Waals surface area contributed by atoms with Gasteiger partial charge in [-0.2, -0.15) is 5.26 Å². The zero-order valence-electron chi connectivity index (χ0n) is 14.0. The summed E-state index contributed by atoms with van der Waals surface area (Å²) in [7, 11) is 1.60. The Morgan fingerprint density at radius 3 is 2.79 bits per heavy atom. The van der Waals surface area contributed by atoms with E-state index in [1.165, 1.54) is 5.56 Å². The first-order chi connectivity index (χ1) is 11.8. The van der Waals surface area contributed by atoms with Crippen molar-refractivity contribution >= 4 is 5.69 Å². The number of ether oxygens (including phenoxy) is 1. The van der Waals surface area contributed by atoms with Crippen LogP contribution in [0.5, 0.6) is 5.75 Å². The van der Waals surface area contributed by atoms with Gasteiger partial charge in [-0.25, -0.2) is 0 Å². The topological polar surface area (TPSA) is 48.3 Å². The van der Waals surface area contributed by atoms with Crippen LogP contribution < -0.4 is 10.1 Å². The molecule has 1 fully saturated rings. The number of benzene rings is 2. The average molecular weight is 321 g/mol. The van der Waals surface area contributed by atoms with Gasteiger partial charge in [-0.3, -0.25) is 4.90 Å². The summed E-state index contributed by atoms with van der Waals surface area (Å²) in [6.45, 7) is 3.08. The average Bonchev–Trinajstić information content (AvgIpc) is 2.62. The normalized spacial score (nSPS) is 17.9. The molecule has 2 aromatic carbocycles. The van der Waals surface area contributed by atoms with Gasteiger partial charge in [-0.05, 0) is 37.1 Å². The summed E-state index contributed by atoms with van der Waals surface area (Å²) in [5, 5.41) is 13.0. The minimum atomic E-state index is 0.349. The second kappa shape index (κ2) is 7.85. The molecule has 0 saturated carbocycles. The summed E-state index contributed by atoms with van der Waals surface area (Å²) >= 11 is 0. The van der Waals surface area contributed by atoms with Crippen LogP contribution in [0.2, 0.25) is 0 Å². The Labute approximate surface area is 143 Å². The zero-order chi connectivity index (χ0) is 16.8. The van der Waals surface area contributed by atoms with Crippen LogP contribution in [0.25, 0.3) is 0 Å². The largest absolute Gasteiger partial charge is 0.495 e. The van der Waals surface area contributed by atoms with Gasteiger partial charge >= 0.3 is 0 Å². The van der Waals surface area contributed by atoms with E-state index in [1.54, 1.807) is 7.11 Å². The first kappa shape index (κ1) is 16.4. The molecule has 1 aliphatic heterocycles. The molecule has 1 aliphatic rings. The molecular formula is C20H23N3O. The number of nitrogens with zero attached hydrogens (tertiary/aromatic N) is 2. The molecule has 2 aromatic rings. The van der Waals surface area contributed by atoms with Crippen LogP contribution in [-0.2, 0) is 6.54 Å². The number of nitriles is 1. The number of hydrogen-bond donors (Lipinski definition) is 1. The lowest BCUT2D eigenvalue weighted by Crippen LogP contribution is -2.41. The third-order valence-corrected chi connectivity index (χ3v) is 4.47. The van der Waals surface area contributed by atoms with Gasteiger partial charge in [0.1, 0.15) is 17.4 Å². The number of likely N-dealkylation sites (tertiary alicyclic amines) is 1. The third-order valence-electron chi connectivity index (χ3n) is 4.47. The highest BCUT2D eigenvalue weighted by atomic mass is 16.5. The number of methoxy groups -OCH3 is 1. The Balaban J connectivity index is 1.67. The summed E-state index contributed by atoms with van der Waals surface area (Å²) in [5.41, 5.74) is 2.79. The molecule has 0 bridgehead atoms. The summed E-state index contributed by atoms with van der Waals surface area (Å²) in [4.78, 5) is 2.47. The predicted octanol–water partition coefficient (Wildman–Crippen LogP) is 3.64. The summed E-state index contributed by atoms with van der Waals surface area (Å²) in [6.07, 6.45) is 2.28. The Kier molecular flexibility index (Phi) is 5.35. The van der Waals surface area contributed by atoms with E-state index in [2.05, 4.69) is 46.6 Å². The molecule has 1 saturated heterocycles. The van der Waals surface area contributed by atoms with Crippen LogP contribution in [0.15, 0.2) is 48.5 Å². The maximum atomic E-state index is 9.43. The lowest BCUT2D eigenvalue weighted by molar-refractivity contribution is 0.208. The van der Waals surface area contributed by atoms with Crippen molar-refractivity contribution in [2.45, 2.75) is 25.4 Å². The highest BCUT2D eigenvalue weighted by Gasteiger charge is 2.21. The summed E-state index contributed by atoms with van der Waals surface area (Å²) < 4.78 is 5.29. The van der Waals surface area contributed by atoms with Crippen molar-refractivity contribution in [3.63, 3.8) is 0 Å². The van der Waals surface area contributed by atoms with E-state index < -0.39 is 0 Å². The van der Waals surface area contributed by atoms with Gasteiger partial charge in [0, 0.05) is 19.1 Å². The van der Waals surface area contributed by atoms with Crippen molar-refractivity contribution < 1.29 is 4.74 Å². The van der Waals surface area contributed by atoms with Gasteiger partial charge in [-0.15, -0.1) is 0 Å². The number of piperidine rings is 1. The standard InChI is InChI=1S/C20H23N3O/c1-24-20-11-5-10-19(18(20)13-21)22-17-9-6-12-23(15-17)14-16-7-3-2-4-8-16/h2-5,7-8,10-11,17,22H,6,9,12,14-15H2,1H3. The zero-order valence-corrected chi connectivity index (χ0v) is 14.0. The molecule has 0 radical (unpaired) electrons. The molecule has 124 valence electrons. The SMILES string of the molecule is COc1cccc(NC2CCCN(Cc3ccccc3)C2)c1C#N. The first-order valence-electron chi connectivity index (χ1n) is 8.40. The minimum absolute atomic E-state index is 0.349. The van der Waals surface area contributed by atoms with Crippen LogP contribution >= 0.6 is 0 Å². The van der Waals surface area contributed by atoms with E-state index in [-0.39, 0.29) is 0 Å². The number of anilines is 1. The van der Waals surface area contributed by atoms with E-state index in [4.69, 9.17) is 4.74 Å². The van der Waals surface area contributed by atoms with E-state index >= 15 is 0 Å². The molecule has 1 N–H and O–H groups in total. The van der Waals surface area contributed by atoms with Crippen molar-refractivity contribution in [3.8, 4) is 11.8 Å². The highest BCUT2D eigenvalue weighted by Crippen LogP contribution is 2.27. The summed E-state index contributed by atoms with van der Waals surface area (Å²) in [5.74, 6) is 0.624. The van der Waals surface area contributed by atoms with Crippen molar-refractivity contribution in [2.75, 3.05) is 25.5 Å². The second-order valence-electron chi connectivity index (χ2n) is 6.20. The molecule has 0 aliphatic carbocycles. The van der Waals surface area contributed by atoms with E-state index in [0.717, 1.165) is 38.2 Å². The third kappa shape index (κ3) is 3.87. The Hall–Kier alpha value is -2.51. The molecule has 3 rings (SSSR count). The second-order valence-corrected chi connectivity index (χ2v) is 6.20. The lowest BCUT2D eigenvalue weighted by atomic mass is 10.0. The van der Waals surface area contributed by atoms with Gasteiger partial charge < -0.3 is 10.1 Å². The fraction of sp³-hybridized carbons (Fsp3) is 0.350. The minimum Gasteiger partial charge on any atom is -0.495 e. The monoisotopic (exact) mass is 321 g/mol. The molecule has 1 atom stereocenters. The molecule has 0 aromatic heterocycles. The van der Waals surface area contributed by atoms with E-state index in [0.29, 0.717) is 17.4 Å². The molecule has 1 unspecified atom stereocenters. The van der Waals surface area contributed by atoms with Gasteiger partial charge in [0.05, 0.1) is 12.8 Å². The maximum absolute atomic E-state index is 9.43. The molecule has 24 heavy (non-hydrogen) atoms. The Morgan fingerprint density at radius 2 is 2.04 bits per heavy atom. The quantitative estimate of drug-likeness (QED) is 0.913. The van der Waals surface area contributed by atoms with Crippen molar-refractivity contribution in [1.29, 1.82) is 5.26 Å². The molecule has 1 heterocycles. The predicted molar refractivity (Wildman–Crippen MR) is 96.1 cm³/mol. The van der Waals surface area contributed by atoms with Crippen LogP contribution in [0, 0.1) is 11.3 Å². The van der Waals surface area contributed by atoms with Crippen LogP contribution in [0.3, 0.4) is 0 Å². The fourth-order valence-corrected chi connectivity index (χ4v) is 3.32. The number of hydrogen-bond acceptors (Lipinski definition) is 4. The van der Waals surface area contributed by atoms with Gasteiger partial charge in [0.2, 0.25) is 0 Å². The number of rotatable bonds is 5. The van der Waals surface area contributed by atoms with Crippen molar-refractivity contribution in [1.82, 2.24) is 4.90 Å². The highest BCUT2D eigenvalue weighted by molar-refractivity contribution is 5.64. The van der Waals surface area contributed by atoms with Gasteiger partial charge in [0.25, 0.3) is 0 Å². The molecule has 4 heteroatoms. The van der Waals surface area contributed by atoms with Crippen molar-refractivity contribution in [2.24, 2.45) is 0 Å². The lowest BCUT2D eigenvalue weighted by Gasteiger charge is -2.34. The number of nitrogens with one attached hydrogen (secondary N) is 1. The molecule has 4 nitrogen and oxygen atoms in total. The van der Waals surface area contributed by atoms with E-state index in [9.17, 15) is 5.26 Å². The van der Waals surface area contributed by atoms with Gasteiger partial charge in [0.15, 0.2) is 0 Å². The fourth-order valence-electron chi connectivity index (χ4n) is 3.32. The maximum Gasteiger partial charge on any atom is 0.138 e. The molecule has 0 amide bonds. The first-order valence-corrected chi connectivity index (χ1v) is 8.40. The molecule has 0 spiro atoms. The Bertz CT molecular complexity index is 709. The molecular weight excluding hydrogens is 298 g/mol. The van der Waals surface area contributed by atoms with E-state index in [1.807, 2.05) is 18.2 Å². The van der Waals surface area contributed by atoms with Crippen molar-refractivity contribution in [3.05, 3.63) is 59.7 Å². The van der Waals surface area contributed by atoms with Gasteiger partial charge in [-0.1, -0.05) is 36.4 Å².